The second-order valence-corrected chi connectivity index (χ2v) is 7.14. The standard InChI is InChI=1S/C20H19FN4OS/c1-3-10-25-16-7-5-4-6-14(16)18-19(25)22-20(24-23-18)27-12-13-8-9-17(26-2)15(21)11-13/h4-9,11H,3,10,12H2,1-2H3. The molecule has 0 saturated heterocycles. The van der Waals surface area contributed by atoms with E-state index in [1.807, 2.05) is 24.3 Å². The third-order valence-electron chi connectivity index (χ3n) is 4.39. The van der Waals surface area contributed by atoms with Crippen LogP contribution in [-0.2, 0) is 12.3 Å². The van der Waals surface area contributed by atoms with E-state index in [4.69, 9.17) is 9.72 Å². The lowest BCUT2D eigenvalue weighted by Gasteiger charge is -2.06. The van der Waals surface area contributed by atoms with Crippen LogP contribution in [0.4, 0.5) is 4.39 Å². The van der Waals surface area contributed by atoms with E-state index < -0.39 is 0 Å². The summed E-state index contributed by atoms with van der Waals surface area (Å²) >= 11 is 1.44. The molecule has 0 bridgehead atoms. The van der Waals surface area contributed by atoms with Gasteiger partial charge < -0.3 is 9.30 Å². The first-order chi connectivity index (χ1) is 13.2. The van der Waals surface area contributed by atoms with Gasteiger partial charge in [0.05, 0.1) is 12.6 Å². The zero-order valence-electron chi connectivity index (χ0n) is 15.1. The number of fused-ring (bicyclic) bond motifs is 3. The number of aryl methyl sites for hydroxylation is 1. The Morgan fingerprint density at radius 2 is 2.00 bits per heavy atom. The van der Waals surface area contributed by atoms with E-state index in [0.717, 1.165) is 40.6 Å². The first kappa shape index (κ1) is 17.7. The molecule has 5 nitrogen and oxygen atoms in total. The van der Waals surface area contributed by atoms with Crippen LogP contribution in [0.5, 0.6) is 5.75 Å². The fraction of sp³-hybridized carbons (Fsp3) is 0.250. The summed E-state index contributed by atoms with van der Waals surface area (Å²) < 4.78 is 21.0. The molecular formula is C20H19FN4OS. The van der Waals surface area contributed by atoms with E-state index in [9.17, 15) is 4.39 Å². The molecule has 2 heterocycles. The minimum atomic E-state index is -0.367. The van der Waals surface area contributed by atoms with Crippen molar-refractivity contribution >= 4 is 33.8 Å². The van der Waals surface area contributed by atoms with E-state index in [2.05, 4.69) is 27.8 Å². The van der Waals surface area contributed by atoms with E-state index in [-0.39, 0.29) is 11.6 Å². The number of thioether (sulfide) groups is 1. The molecule has 27 heavy (non-hydrogen) atoms. The highest BCUT2D eigenvalue weighted by molar-refractivity contribution is 7.98. The Kier molecular flexibility index (Phi) is 4.94. The molecule has 0 saturated carbocycles. The Morgan fingerprint density at radius 1 is 1.15 bits per heavy atom. The molecule has 0 aliphatic heterocycles. The molecule has 4 rings (SSSR count). The number of hydrogen-bond donors (Lipinski definition) is 0. The Hall–Kier alpha value is -2.67. The van der Waals surface area contributed by atoms with Crippen LogP contribution in [0.15, 0.2) is 47.6 Å². The number of benzene rings is 2. The molecule has 0 aliphatic carbocycles. The van der Waals surface area contributed by atoms with Crippen LogP contribution < -0.4 is 4.74 Å². The lowest BCUT2D eigenvalue weighted by Crippen LogP contribution is -2.00. The molecule has 0 radical (unpaired) electrons. The normalized spacial score (nSPS) is 11.4. The Labute approximate surface area is 160 Å². The third kappa shape index (κ3) is 3.35. The zero-order valence-corrected chi connectivity index (χ0v) is 16.0. The number of nitrogens with zero attached hydrogens (tertiary/aromatic N) is 4. The van der Waals surface area contributed by atoms with Gasteiger partial charge in [-0.1, -0.05) is 43.0 Å². The molecule has 0 amide bonds. The number of rotatable bonds is 6. The number of aromatic nitrogens is 4. The van der Waals surface area contributed by atoms with Crippen molar-refractivity contribution in [1.29, 1.82) is 0 Å². The molecule has 0 fully saturated rings. The predicted octanol–water partition coefficient (Wildman–Crippen LogP) is 4.83. The van der Waals surface area contributed by atoms with Crippen molar-refractivity contribution in [2.45, 2.75) is 30.8 Å². The molecule has 2 aromatic heterocycles. The lowest BCUT2D eigenvalue weighted by atomic mass is 10.2. The van der Waals surface area contributed by atoms with Crippen molar-refractivity contribution in [1.82, 2.24) is 19.7 Å². The molecule has 0 unspecified atom stereocenters. The molecule has 0 aliphatic rings. The topological polar surface area (TPSA) is 52.8 Å². The van der Waals surface area contributed by atoms with Crippen LogP contribution in [0.2, 0.25) is 0 Å². The van der Waals surface area contributed by atoms with Gasteiger partial charge in [0.25, 0.3) is 0 Å². The van der Waals surface area contributed by atoms with E-state index >= 15 is 0 Å². The van der Waals surface area contributed by atoms with Gasteiger partial charge in [-0.15, -0.1) is 10.2 Å². The van der Waals surface area contributed by atoms with E-state index in [0.29, 0.717) is 10.9 Å². The highest BCUT2D eigenvalue weighted by atomic mass is 32.2. The lowest BCUT2D eigenvalue weighted by molar-refractivity contribution is 0.386. The molecule has 4 aromatic rings. The number of ether oxygens (including phenoxy) is 1. The molecule has 2 aromatic carbocycles. The van der Waals surface area contributed by atoms with Gasteiger partial charge in [0.1, 0.15) is 5.52 Å². The predicted molar refractivity (Wildman–Crippen MR) is 106 cm³/mol. The first-order valence-electron chi connectivity index (χ1n) is 8.78. The molecule has 0 spiro atoms. The Bertz CT molecular complexity index is 1110. The van der Waals surface area contributed by atoms with E-state index in [1.54, 1.807) is 6.07 Å². The largest absolute Gasteiger partial charge is 0.494 e. The summed E-state index contributed by atoms with van der Waals surface area (Å²) in [5.74, 6) is 0.433. The van der Waals surface area contributed by atoms with Gasteiger partial charge >= 0.3 is 0 Å². The highest BCUT2D eigenvalue weighted by Crippen LogP contribution is 2.28. The summed E-state index contributed by atoms with van der Waals surface area (Å²) in [5, 5.41) is 10.3. The van der Waals surface area contributed by atoms with Crippen LogP contribution in [0, 0.1) is 5.82 Å². The highest BCUT2D eigenvalue weighted by Gasteiger charge is 2.14. The van der Waals surface area contributed by atoms with E-state index in [1.165, 1.54) is 24.9 Å². The fourth-order valence-corrected chi connectivity index (χ4v) is 3.87. The smallest absolute Gasteiger partial charge is 0.211 e. The van der Waals surface area contributed by atoms with Gasteiger partial charge in [-0.3, -0.25) is 0 Å². The second-order valence-electron chi connectivity index (χ2n) is 6.19. The second kappa shape index (κ2) is 7.52. The quantitative estimate of drug-likeness (QED) is 0.447. The summed E-state index contributed by atoms with van der Waals surface area (Å²) in [6, 6.07) is 13.1. The summed E-state index contributed by atoms with van der Waals surface area (Å²) in [6.45, 7) is 3.01. The summed E-state index contributed by atoms with van der Waals surface area (Å²) in [7, 11) is 1.46. The van der Waals surface area contributed by atoms with Gasteiger partial charge in [0.2, 0.25) is 5.16 Å². The van der Waals surface area contributed by atoms with Crippen molar-refractivity contribution in [3.05, 3.63) is 53.8 Å². The van der Waals surface area contributed by atoms with Gasteiger partial charge in [-0.2, -0.15) is 0 Å². The van der Waals surface area contributed by atoms with Gasteiger partial charge in [-0.25, -0.2) is 9.37 Å². The molecule has 138 valence electrons. The van der Waals surface area contributed by atoms with Crippen LogP contribution in [0.3, 0.4) is 0 Å². The summed E-state index contributed by atoms with van der Waals surface area (Å²) in [6.07, 6.45) is 1.01. The molecular weight excluding hydrogens is 363 g/mol. The fourth-order valence-electron chi connectivity index (χ4n) is 3.15. The number of halogens is 1. The van der Waals surface area contributed by atoms with Crippen LogP contribution in [-0.4, -0.2) is 26.9 Å². The third-order valence-corrected chi connectivity index (χ3v) is 5.29. The van der Waals surface area contributed by atoms with Gasteiger partial charge in [0.15, 0.2) is 17.2 Å². The maximum absolute atomic E-state index is 13.9. The average Bonchev–Trinajstić information content (AvgIpc) is 3.00. The number of para-hydroxylation sites is 1. The Balaban J connectivity index is 1.66. The monoisotopic (exact) mass is 382 g/mol. The van der Waals surface area contributed by atoms with Crippen LogP contribution in [0.1, 0.15) is 18.9 Å². The maximum Gasteiger partial charge on any atom is 0.211 e. The molecule has 7 heteroatoms. The van der Waals surface area contributed by atoms with Crippen molar-refractivity contribution < 1.29 is 9.13 Å². The summed E-state index contributed by atoms with van der Waals surface area (Å²) in [4.78, 5) is 4.74. The van der Waals surface area contributed by atoms with Crippen LogP contribution >= 0.6 is 11.8 Å². The SMILES string of the molecule is CCCn1c2ccccc2c2nnc(SCc3ccc(OC)c(F)c3)nc21. The average molecular weight is 382 g/mol. The molecule has 0 atom stereocenters. The van der Waals surface area contributed by atoms with Crippen molar-refractivity contribution in [2.75, 3.05) is 7.11 Å². The van der Waals surface area contributed by atoms with Gasteiger partial charge in [0, 0.05) is 17.7 Å². The Morgan fingerprint density at radius 3 is 2.78 bits per heavy atom. The zero-order chi connectivity index (χ0) is 18.8. The number of hydrogen-bond acceptors (Lipinski definition) is 5. The van der Waals surface area contributed by atoms with Gasteiger partial charge in [-0.05, 0) is 30.2 Å². The number of methoxy groups -OCH3 is 1. The minimum absolute atomic E-state index is 0.243. The summed E-state index contributed by atoms with van der Waals surface area (Å²) in [5.41, 5.74) is 3.63. The van der Waals surface area contributed by atoms with Crippen molar-refractivity contribution in [3.8, 4) is 5.75 Å². The van der Waals surface area contributed by atoms with Crippen molar-refractivity contribution in [2.24, 2.45) is 0 Å². The molecule has 0 N–H and O–H groups in total. The van der Waals surface area contributed by atoms with Crippen LogP contribution in [0.25, 0.3) is 22.1 Å². The minimum Gasteiger partial charge on any atom is -0.494 e. The first-order valence-corrected chi connectivity index (χ1v) is 9.76. The van der Waals surface area contributed by atoms with Crippen molar-refractivity contribution in [3.63, 3.8) is 0 Å². The maximum atomic E-state index is 13.9.